The van der Waals surface area contributed by atoms with Crippen LogP contribution in [0.1, 0.15) is 16.2 Å². The van der Waals surface area contributed by atoms with Crippen molar-refractivity contribution in [2.24, 2.45) is 0 Å². The number of aryl methyl sites for hydroxylation is 1. The van der Waals surface area contributed by atoms with E-state index in [1.54, 1.807) is 11.1 Å². The highest BCUT2D eigenvalue weighted by atomic mass is 35.5. The lowest BCUT2D eigenvalue weighted by Crippen LogP contribution is -2.49. The molecule has 0 saturated carbocycles. The molecule has 0 atom stereocenters. The van der Waals surface area contributed by atoms with E-state index in [4.69, 9.17) is 11.6 Å². The first-order chi connectivity index (χ1) is 12.5. The van der Waals surface area contributed by atoms with Gasteiger partial charge in [-0.05, 0) is 13.0 Å². The predicted molar refractivity (Wildman–Crippen MR) is 95.7 cm³/mol. The molecule has 1 aliphatic rings. The quantitative estimate of drug-likeness (QED) is 0.711. The molecule has 3 aromatic heterocycles. The number of aromatic amines is 1. The molecule has 26 heavy (non-hydrogen) atoms. The summed E-state index contributed by atoms with van der Waals surface area (Å²) in [5.74, 6) is 1.40. The molecule has 0 radical (unpaired) electrons. The summed E-state index contributed by atoms with van der Waals surface area (Å²) in [5, 5.41) is 8.29. The van der Waals surface area contributed by atoms with Crippen molar-refractivity contribution in [1.82, 2.24) is 29.5 Å². The number of hydrogen-bond donors (Lipinski definition) is 1. The van der Waals surface area contributed by atoms with Gasteiger partial charge in [0.15, 0.2) is 5.82 Å². The van der Waals surface area contributed by atoms with Crippen LogP contribution < -0.4 is 10.5 Å². The number of fused-ring (bicyclic) bond motifs is 1. The number of H-pyrrole nitrogens is 1. The zero-order valence-electron chi connectivity index (χ0n) is 14.0. The number of piperazine rings is 1. The number of amides is 1. The van der Waals surface area contributed by atoms with Crippen LogP contribution in [0.2, 0.25) is 5.02 Å². The van der Waals surface area contributed by atoms with Crippen molar-refractivity contribution in [3.8, 4) is 0 Å². The number of anilines is 1. The number of aromatic nitrogens is 5. The molecule has 9 nitrogen and oxygen atoms in total. The van der Waals surface area contributed by atoms with Crippen molar-refractivity contribution in [2.75, 3.05) is 31.1 Å². The maximum absolute atomic E-state index is 12.6. The second-order valence-electron chi connectivity index (χ2n) is 6.04. The van der Waals surface area contributed by atoms with Crippen LogP contribution in [0.15, 0.2) is 29.5 Å². The first kappa shape index (κ1) is 16.5. The van der Waals surface area contributed by atoms with E-state index < -0.39 is 5.56 Å². The average molecular weight is 374 g/mol. The summed E-state index contributed by atoms with van der Waals surface area (Å²) in [6.45, 7) is 4.20. The van der Waals surface area contributed by atoms with Gasteiger partial charge < -0.3 is 14.8 Å². The highest BCUT2D eigenvalue weighted by molar-refractivity contribution is 6.30. The minimum atomic E-state index is -0.407. The summed E-state index contributed by atoms with van der Waals surface area (Å²) in [4.78, 5) is 34.7. The van der Waals surface area contributed by atoms with Crippen LogP contribution in [0.4, 0.5) is 5.82 Å². The Morgan fingerprint density at radius 2 is 2.00 bits per heavy atom. The molecule has 0 aliphatic carbocycles. The van der Waals surface area contributed by atoms with E-state index in [-0.39, 0.29) is 10.9 Å². The summed E-state index contributed by atoms with van der Waals surface area (Å²) in [7, 11) is 0. The second kappa shape index (κ2) is 6.41. The topological polar surface area (TPSA) is 99.5 Å². The summed E-state index contributed by atoms with van der Waals surface area (Å²) in [6, 6.07) is 1.40. The fourth-order valence-electron chi connectivity index (χ4n) is 3.04. The molecule has 3 aromatic rings. The summed E-state index contributed by atoms with van der Waals surface area (Å²) in [5.41, 5.74) is 0.671. The summed E-state index contributed by atoms with van der Waals surface area (Å²) >= 11 is 5.81. The molecule has 1 aliphatic heterocycles. The molecule has 0 unspecified atom stereocenters. The zero-order chi connectivity index (χ0) is 18.3. The van der Waals surface area contributed by atoms with E-state index in [1.807, 2.05) is 17.5 Å². The largest absolute Gasteiger partial charge is 0.350 e. The molecule has 1 N–H and O–H groups in total. The predicted octanol–water partition coefficient (Wildman–Crippen LogP) is 0.737. The van der Waals surface area contributed by atoms with Gasteiger partial charge in [0.25, 0.3) is 11.5 Å². The van der Waals surface area contributed by atoms with Crippen molar-refractivity contribution < 1.29 is 4.79 Å². The van der Waals surface area contributed by atoms with Crippen molar-refractivity contribution in [3.05, 3.63) is 51.4 Å². The number of nitrogens with zero attached hydrogens (tertiary/aromatic N) is 6. The smallest absolute Gasteiger partial charge is 0.266 e. The summed E-state index contributed by atoms with van der Waals surface area (Å²) in [6.07, 6.45) is 4.94. The Labute approximate surface area is 153 Å². The Hall–Kier alpha value is -2.94. The van der Waals surface area contributed by atoms with Crippen LogP contribution in [-0.2, 0) is 0 Å². The van der Waals surface area contributed by atoms with Crippen molar-refractivity contribution in [2.45, 2.75) is 6.92 Å². The fourth-order valence-corrected chi connectivity index (χ4v) is 3.21. The maximum Gasteiger partial charge on any atom is 0.266 e. The second-order valence-corrected chi connectivity index (χ2v) is 6.44. The van der Waals surface area contributed by atoms with Crippen LogP contribution in [0.25, 0.3) is 5.65 Å². The average Bonchev–Trinajstić information content (AvgIpc) is 3.05. The van der Waals surface area contributed by atoms with Gasteiger partial charge in [0, 0.05) is 44.8 Å². The molecule has 1 saturated heterocycles. The highest BCUT2D eigenvalue weighted by Gasteiger charge is 2.25. The molecule has 1 amide bonds. The van der Waals surface area contributed by atoms with Crippen molar-refractivity contribution in [3.63, 3.8) is 0 Å². The third-order valence-electron chi connectivity index (χ3n) is 4.45. The van der Waals surface area contributed by atoms with Gasteiger partial charge >= 0.3 is 0 Å². The minimum Gasteiger partial charge on any atom is -0.350 e. The van der Waals surface area contributed by atoms with Crippen LogP contribution in [-0.4, -0.2) is 61.6 Å². The van der Waals surface area contributed by atoms with Crippen LogP contribution in [0.5, 0.6) is 0 Å². The van der Waals surface area contributed by atoms with E-state index in [0.29, 0.717) is 37.4 Å². The fraction of sp³-hybridized carbons (Fsp3) is 0.312. The molecule has 4 rings (SSSR count). The lowest BCUT2D eigenvalue weighted by molar-refractivity contribution is 0.0746. The van der Waals surface area contributed by atoms with Gasteiger partial charge in [0.1, 0.15) is 10.8 Å². The van der Waals surface area contributed by atoms with E-state index in [0.717, 1.165) is 11.6 Å². The Balaban J connectivity index is 1.50. The number of pyridine rings is 1. The Bertz CT molecular complexity index is 1040. The number of halogens is 1. The monoisotopic (exact) mass is 373 g/mol. The first-order valence-corrected chi connectivity index (χ1v) is 8.51. The lowest BCUT2D eigenvalue weighted by Gasteiger charge is -2.35. The summed E-state index contributed by atoms with van der Waals surface area (Å²) < 4.78 is 1.89. The van der Waals surface area contributed by atoms with E-state index in [9.17, 15) is 9.59 Å². The standard InChI is InChI=1S/C16H16ClN7O2/c1-10-20-21-14-13(18-2-3-24(10)14)22-4-6-23(7-5-22)16(26)11-8-12(17)15(25)19-9-11/h2-3,8-9H,4-7H2,1H3,(H,19,25). The third-order valence-corrected chi connectivity index (χ3v) is 4.73. The Morgan fingerprint density at radius 1 is 1.23 bits per heavy atom. The van der Waals surface area contributed by atoms with Crippen molar-refractivity contribution >= 4 is 29.0 Å². The number of carbonyl (C=O) groups is 1. The minimum absolute atomic E-state index is 0.00698. The van der Waals surface area contributed by atoms with E-state index >= 15 is 0 Å². The van der Waals surface area contributed by atoms with Gasteiger partial charge in [0.2, 0.25) is 5.65 Å². The first-order valence-electron chi connectivity index (χ1n) is 8.13. The van der Waals surface area contributed by atoms with E-state index in [2.05, 4.69) is 25.1 Å². The molecule has 1 fully saturated rings. The molecule has 10 heteroatoms. The Morgan fingerprint density at radius 3 is 2.73 bits per heavy atom. The Kier molecular flexibility index (Phi) is 4.08. The normalized spacial score (nSPS) is 14.8. The molecular formula is C16H16ClN7O2. The van der Waals surface area contributed by atoms with E-state index in [1.165, 1.54) is 12.3 Å². The van der Waals surface area contributed by atoms with Crippen LogP contribution in [0.3, 0.4) is 0 Å². The number of hydrogen-bond acceptors (Lipinski definition) is 6. The van der Waals surface area contributed by atoms with Crippen molar-refractivity contribution in [1.29, 1.82) is 0 Å². The lowest BCUT2D eigenvalue weighted by atomic mass is 10.2. The number of nitrogens with one attached hydrogen (secondary N) is 1. The third kappa shape index (κ3) is 2.80. The van der Waals surface area contributed by atoms with Gasteiger partial charge in [0.05, 0.1) is 5.56 Å². The van der Waals surface area contributed by atoms with Gasteiger partial charge in [-0.1, -0.05) is 11.6 Å². The SMILES string of the molecule is Cc1nnc2c(N3CCN(C(=O)c4c[nH]c(=O)c(Cl)c4)CC3)nccn12. The van der Waals surface area contributed by atoms with Gasteiger partial charge in [-0.25, -0.2) is 4.98 Å². The molecular weight excluding hydrogens is 358 g/mol. The maximum atomic E-state index is 12.6. The molecule has 0 aromatic carbocycles. The van der Waals surface area contributed by atoms with Crippen LogP contribution in [0, 0.1) is 6.92 Å². The van der Waals surface area contributed by atoms with Gasteiger partial charge in [-0.2, -0.15) is 0 Å². The molecule has 0 spiro atoms. The number of rotatable bonds is 2. The van der Waals surface area contributed by atoms with Crippen LogP contribution >= 0.6 is 11.6 Å². The number of carbonyl (C=O) groups excluding carboxylic acids is 1. The molecule has 4 heterocycles. The molecule has 0 bridgehead atoms. The van der Waals surface area contributed by atoms with Gasteiger partial charge in [-0.15, -0.1) is 10.2 Å². The molecule has 134 valence electrons. The van der Waals surface area contributed by atoms with Gasteiger partial charge in [-0.3, -0.25) is 14.0 Å². The highest BCUT2D eigenvalue weighted by Crippen LogP contribution is 2.20. The zero-order valence-corrected chi connectivity index (χ0v) is 14.8.